The molecule has 0 aliphatic rings. The van der Waals surface area contributed by atoms with Crippen molar-refractivity contribution in [1.82, 2.24) is 14.8 Å². The number of ether oxygens (including phenoxy) is 1. The molecule has 0 aliphatic carbocycles. The predicted octanol–water partition coefficient (Wildman–Crippen LogP) is 5.45. The van der Waals surface area contributed by atoms with Crippen molar-refractivity contribution in [2.24, 2.45) is 0 Å². The number of carbonyl (C=O) groups excluding carboxylic acids is 1. The molecule has 0 unspecified atom stereocenters. The highest BCUT2D eigenvalue weighted by Gasteiger charge is 2.14. The van der Waals surface area contributed by atoms with Crippen LogP contribution in [0.15, 0.2) is 58.6 Å². The molecule has 3 rings (SSSR count). The van der Waals surface area contributed by atoms with E-state index in [1.54, 1.807) is 11.8 Å². The minimum atomic E-state index is -0.0723. The standard InChI is InChI=1S/C23H28N4O2S2/c1-5-27-21(14-29-19-11-9-17(10-12-19)16(2)3)25-26-23(27)31-15-22(28)24-18-7-6-8-20(13-18)30-4/h6-13,16H,5,14-15H2,1-4H3,(H,24,28). The van der Waals surface area contributed by atoms with Crippen LogP contribution in [0.25, 0.3) is 0 Å². The van der Waals surface area contributed by atoms with Crippen LogP contribution in [-0.4, -0.2) is 32.7 Å². The number of amides is 1. The smallest absolute Gasteiger partial charge is 0.234 e. The maximum atomic E-state index is 12.4. The third kappa shape index (κ3) is 6.51. The van der Waals surface area contributed by atoms with Crippen LogP contribution in [0.5, 0.6) is 5.75 Å². The molecular formula is C23H28N4O2S2. The summed E-state index contributed by atoms with van der Waals surface area (Å²) in [5, 5.41) is 12.2. The van der Waals surface area contributed by atoms with Gasteiger partial charge in [-0.2, -0.15) is 0 Å². The van der Waals surface area contributed by atoms with E-state index in [1.807, 2.05) is 54.1 Å². The molecule has 1 amide bonds. The Bertz CT molecular complexity index is 1000. The topological polar surface area (TPSA) is 69.0 Å². The van der Waals surface area contributed by atoms with Gasteiger partial charge in [0.15, 0.2) is 11.0 Å². The number of hydrogen-bond acceptors (Lipinski definition) is 6. The molecule has 3 aromatic rings. The molecule has 31 heavy (non-hydrogen) atoms. The second-order valence-electron chi connectivity index (χ2n) is 7.22. The van der Waals surface area contributed by atoms with Crippen molar-refractivity contribution in [3.8, 4) is 5.75 Å². The van der Waals surface area contributed by atoms with E-state index in [4.69, 9.17) is 4.74 Å². The molecule has 1 N–H and O–H groups in total. The molecule has 0 atom stereocenters. The average molecular weight is 457 g/mol. The van der Waals surface area contributed by atoms with Crippen molar-refractivity contribution >= 4 is 35.1 Å². The van der Waals surface area contributed by atoms with E-state index in [-0.39, 0.29) is 11.7 Å². The zero-order chi connectivity index (χ0) is 22.2. The molecule has 8 heteroatoms. The molecule has 0 bridgehead atoms. The summed E-state index contributed by atoms with van der Waals surface area (Å²) in [7, 11) is 0. The summed E-state index contributed by atoms with van der Waals surface area (Å²) in [5.74, 6) is 2.22. The van der Waals surface area contributed by atoms with Gasteiger partial charge in [-0.15, -0.1) is 22.0 Å². The van der Waals surface area contributed by atoms with Gasteiger partial charge >= 0.3 is 0 Å². The summed E-state index contributed by atoms with van der Waals surface area (Å²) < 4.78 is 7.88. The molecule has 0 aliphatic heterocycles. The second kappa shape index (κ2) is 11.2. The van der Waals surface area contributed by atoms with Gasteiger partial charge in [-0.05, 0) is 55.0 Å². The van der Waals surface area contributed by atoms with E-state index >= 15 is 0 Å². The average Bonchev–Trinajstić information content (AvgIpc) is 3.18. The van der Waals surface area contributed by atoms with Gasteiger partial charge in [0.25, 0.3) is 0 Å². The van der Waals surface area contributed by atoms with Gasteiger partial charge in [-0.3, -0.25) is 4.79 Å². The highest BCUT2D eigenvalue weighted by molar-refractivity contribution is 7.99. The number of anilines is 1. The lowest BCUT2D eigenvalue weighted by atomic mass is 10.0. The van der Waals surface area contributed by atoms with E-state index in [0.29, 0.717) is 24.2 Å². The third-order valence-electron chi connectivity index (χ3n) is 4.71. The number of hydrogen-bond donors (Lipinski definition) is 1. The number of thioether (sulfide) groups is 2. The lowest BCUT2D eigenvalue weighted by molar-refractivity contribution is -0.113. The fourth-order valence-electron chi connectivity index (χ4n) is 2.98. The van der Waals surface area contributed by atoms with Crippen molar-refractivity contribution in [3.05, 3.63) is 59.9 Å². The summed E-state index contributed by atoms with van der Waals surface area (Å²) in [6.45, 7) is 7.40. The van der Waals surface area contributed by atoms with Crippen molar-refractivity contribution in [1.29, 1.82) is 0 Å². The van der Waals surface area contributed by atoms with Crippen LogP contribution >= 0.6 is 23.5 Å². The Labute approximate surface area is 192 Å². The highest BCUT2D eigenvalue weighted by Crippen LogP contribution is 2.22. The van der Waals surface area contributed by atoms with Crippen LogP contribution in [0.1, 0.15) is 38.1 Å². The molecule has 0 radical (unpaired) electrons. The van der Waals surface area contributed by atoms with Crippen molar-refractivity contribution in [2.45, 2.75) is 49.9 Å². The number of nitrogens with zero attached hydrogens (tertiary/aromatic N) is 3. The Balaban J connectivity index is 1.56. The molecule has 164 valence electrons. The van der Waals surface area contributed by atoms with Crippen molar-refractivity contribution < 1.29 is 9.53 Å². The van der Waals surface area contributed by atoms with Gasteiger partial charge in [-0.1, -0.05) is 43.8 Å². The zero-order valence-corrected chi connectivity index (χ0v) is 19.9. The van der Waals surface area contributed by atoms with E-state index in [1.165, 1.54) is 17.3 Å². The maximum Gasteiger partial charge on any atom is 0.234 e. The fraction of sp³-hybridized carbons (Fsp3) is 0.348. The molecular weight excluding hydrogens is 428 g/mol. The molecule has 0 fully saturated rings. The van der Waals surface area contributed by atoms with E-state index in [2.05, 4.69) is 41.5 Å². The van der Waals surface area contributed by atoms with Crippen LogP contribution in [0.2, 0.25) is 0 Å². The predicted molar refractivity (Wildman–Crippen MR) is 128 cm³/mol. The number of carbonyl (C=O) groups is 1. The summed E-state index contributed by atoms with van der Waals surface area (Å²) >= 11 is 3.02. The molecule has 0 saturated heterocycles. The summed E-state index contributed by atoms with van der Waals surface area (Å²) in [5.41, 5.74) is 2.08. The zero-order valence-electron chi connectivity index (χ0n) is 18.3. The first kappa shape index (κ1) is 23.2. The monoisotopic (exact) mass is 456 g/mol. The Morgan fingerprint density at radius 3 is 2.61 bits per heavy atom. The normalized spacial score (nSPS) is 11.0. The maximum absolute atomic E-state index is 12.4. The minimum absolute atomic E-state index is 0.0723. The van der Waals surface area contributed by atoms with Crippen LogP contribution < -0.4 is 10.1 Å². The Kier molecular flexibility index (Phi) is 8.43. The molecule has 0 saturated carbocycles. The Hall–Kier alpha value is -2.45. The minimum Gasteiger partial charge on any atom is -0.486 e. The van der Waals surface area contributed by atoms with Crippen molar-refractivity contribution in [3.63, 3.8) is 0 Å². The molecule has 1 heterocycles. The first-order valence-corrected chi connectivity index (χ1v) is 12.4. The Morgan fingerprint density at radius 1 is 1.16 bits per heavy atom. The Morgan fingerprint density at radius 2 is 1.94 bits per heavy atom. The van der Waals surface area contributed by atoms with Gasteiger partial charge in [0.1, 0.15) is 12.4 Å². The number of aromatic nitrogens is 3. The lowest BCUT2D eigenvalue weighted by Crippen LogP contribution is -2.15. The van der Waals surface area contributed by atoms with Gasteiger partial charge in [0, 0.05) is 17.1 Å². The van der Waals surface area contributed by atoms with Gasteiger partial charge in [0.05, 0.1) is 5.75 Å². The first-order chi connectivity index (χ1) is 15.0. The third-order valence-corrected chi connectivity index (χ3v) is 6.40. The van der Waals surface area contributed by atoms with E-state index in [0.717, 1.165) is 22.2 Å². The van der Waals surface area contributed by atoms with Crippen LogP contribution in [0.3, 0.4) is 0 Å². The molecule has 2 aromatic carbocycles. The van der Waals surface area contributed by atoms with Gasteiger partial charge < -0.3 is 14.6 Å². The quantitative estimate of drug-likeness (QED) is 0.409. The SMILES string of the molecule is CCn1c(COc2ccc(C(C)C)cc2)nnc1SCC(=O)Nc1cccc(SC)c1. The lowest BCUT2D eigenvalue weighted by Gasteiger charge is -2.10. The number of nitrogens with one attached hydrogen (secondary N) is 1. The highest BCUT2D eigenvalue weighted by atomic mass is 32.2. The van der Waals surface area contributed by atoms with Gasteiger partial charge in [0.2, 0.25) is 5.91 Å². The van der Waals surface area contributed by atoms with Gasteiger partial charge in [-0.25, -0.2) is 0 Å². The molecule has 0 spiro atoms. The second-order valence-corrected chi connectivity index (χ2v) is 9.05. The van der Waals surface area contributed by atoms with Crippen LogP contribution in [0.4, 0.5) is 5.69 Å². The number of benzene rings is 2. The largest absolute Gasteiger partial charge is 0.486 e. The van der Waals surface area contributed by atoms with Crippen LogP contribution in [0, 0.1) is 0 Å². The summed E-state index contributed by atoms with van der Waals surface area (Å²) in [4.78, 5) is 13.5. The van der Waals surface area contributed by atoms with Crippen molar-refractivity contribution in [2.75, 3.05) is 17.3 Å². The number of rotatable bonds is 10. The summed E-state index contributed by atoms with van der Waals surface area (Å²) in [6.07, 6.45) is 2.01. The molecule has 1 aromatic heterocycles. The molecule has 6 nitrogen and oxygen atoms in total. The van der Waals surface area contributed by atoms with Crippen LogP contribution in [-0.2, 0) is 17.9 Å². The first-order valence-electron chi connectivity index (χ1n) is 10.2. The van der Waals surface area contributed by atoms with E-state index < -0.39 is 0 Å². The summed E-state index contributed by atoms with van der Waals surface area (Å²) in [6, 6.07) is 15.9. The van der Waals surface area contributed by atoms with E-state index in [9.17, 15) is 4.79 Å². The fourth-order valence-corrected chi connectivity index (χ4v) is 4.26.